The lowest BCUT2D eigenvalue weighted by atomic mass is 9.85. The van der Waals surface area contributed by atoms with Crippen molar-refractivity contribution >= 4 is 8.58 Å². The van der Waals surface area contributed by atoms with Crippen LogP contribution < -0.4 is 10.1 Å². The van der Waals surface area contributed by atoms with Crippen molar-refractivity contribution in [1.82, 2.24) is 5.32 Å². The van der Waals surface area contributed by atoms with Crippen LogP contribution >= 0.6 is 8.58 Å². The summed E-state index contributed by atoms with van der Waals surface area (Å²) in [5.74, 6) is -0.222. The molecule has 3 aromatic rings. The molecule has 0 saturated heterocycles. The molecule has 3 rings (SSSR count). The van der Waals surface area contributed by atoms with Gasteiger partial charge in [-0.3, -0.25) is 0 Å². The summed E-state index contributed by atoms with van der Waals surface area (Å²) in [5, 5.41) is 3.51. The van der Waals surface area contributed by atoms with Gasteiger partial charge in [0.2, 0.25) is 0 Å². The number of benzene rings is 3. The Kier molecular flexibility index (Phi) is 19.3. The van der Waals surface area contributed by atoms with Gasteiger partial charge in [-0.1, -0.05) is 50.2 Å². The van der Waals surface area contributed by atoms with Crippen LogP contribution in [-0.4, -0.2) is 36.9 Å². The molecule has 40 heavy (non-hydrogen) atoms. The van der Waals surface area contributed by atoms with E-state index in [9.17, 15) is 8.78 Å². The first kappa shape index (κ1) is 37.6. The molecule has 2 unspecified atom stereocenters. The van der Waals surface area contributed by atoms with Crippen LogP contribution in [-0.2, 0) is 6.54 Å². The van der Waals surface area contributed by atoms with Crippen LogP contribution in [0.1, 0.15) is 81.7 Å². The van der Waals surface area contributed by atoms with Crippen molar-refractivity contribution in [2.75, 3.05) is 26.0 Å². The second-order valence-electron chi connectivity index (χ2n) is 9.64. The Balaban J connectivity index is -0.00000248. The fraction of sp³-hybridized carbons (Fsp3) is 0.455. The van der Waals surface area contributed by atoms with Crippen molar-refractivity contribution in [3.8, 4) is 5.75 Å². The van der Waals surface area contributed by atoms with Crippen molar-refractivity contribution in [3.05, 3.63) is 99.6 Å². The lowest BCUT2D eigenvalue weighted by molar-refractivity contribution is 0.302. The highest BCUT2D eigenvalue weighted by Gasteiger charge is 2.19. The highest BCUT2D eigenvalue weighted by atomic mass is 31.1. The summed E-state index contributed by atoms with van der Waals surface area (Å²) in [7, 11) is 1.03. The maximum absolute atomic E-state index is 14.7. The van der Waals surface area contributed by atoms with Crippen molar-refractivity contribution < 1.29 is 27.3 Å². The number of rotatable bonds is 14. The van der Waals surface area contributed by atoms with Gasteiger partial charge in [0.05, 0.1) is 6.61 Å². The standard InChI is InChI=1S/C31H40F2NOP.C2H6.2H2O.2H2/c1-22-9-11-26(19-23(22)2)28(29-13-12-27(32)20-30(29)33)8-5-6-16-35-31-14-10-25(18-24(31)3)21-34-15-7-17-36-4;1-2;;;;/h9-14,18-20,28,34,36H,5-8,15-17,21H2,1-4H3;1-2H3;2*1H2;2*1H. The topological polar surface area (TPSA) is 84.3 Å². The normalized spacial score (nSPS) is 11.3. The summed E-state index contributed by atoms with van der Waals surface area (Å²) in [5.41, 5.74) is 6.43. The van der Waals surface area contributed by atoms with Gasteiger partial charge >= 0.3 is 0 Å². The average molecular weight is 582 g/mol. The van der Waals surface area contributed by atoms with Crippen molar-refractivity contribution in [2.24, 2.45) is 0 Å². The van der Waals surface area contributed by atoms with E-state index in [1.165, 1.54) is 35.3 Å². The van der Waals surface area contributed by atoms with Crippen LogP contribution in [0.4, 0.5) is 8.78 Å². The largest absolute Gasteiger partial charge is 0.493 e. The highest BCUT2D eigenvalue weighted by molar-refractivity contribution is 7.36. The van der Waals surface area contributed by atoms with Gasteiger partial charge < -0.3 is 21.0 Å². The molecule has 0 spiro atoms. The minimum atomic E-state index is -0.544. The van der Waals surface area contributed by atoms with Gasteiger partial charge in [0.1, 0.15) is 17.4 Å². The molecule has 0 aromatic heterocycles. The van der Waals surface area contributed by atoms with E-state index in [0.29, 0.717) is 12.2 Å². The van der Waals surface area contributed by atoms with Crippen molar-refractivity contribution in [3.63, 3.8) is 0 Å². The first-order chi connectivity index (χ1) is 18.4. The molecule has 0 bridgehead atoms. The summed E-state index contributed by atoms with van der Waals surface area (Å²) < 4.78 is 34.3. The highest BCUT2D eigenvalue weighted by Crippen LogP contribution is 2.33. The summed E-state index contributed by atoms with van der Waals surface area (Å²) in [6.07, 6.45) is 5.05. The molecule has 0 saturated carbocycles. The van der Waals surface area contributed by atoms with Gasteiger partial charge in [-0.15, -0.1) is 8.58 Å². The zero-order valence-electron chi connectivity index (χ0n) is 25.1. The Morgan fingerprint density at radius 3 is 2.25 bits per heavy atom. The molecule has 0 aliphatic carbocycles. The minimum absolute atomic E-state index is 0. The van der Waals surface area contributed by atoms with Gasteiger partial charge in [-0.05, 0) is 111 Å². The summed E-state index contributed by atoms with van der Waals surface area (Å²) in [6.45, 7) is 15.0. The molecule has 0 amide bonds. The third kappa shape index (κ3) is 12.0. The molecule has 0 aliphatic heterocycles. The number of nitrogens with one attached hydrogen (secondary N) is 1. The molecule has 0 fully saturated rings. The molecule has 4 nitrogen and oxygen atoms in total. The third-order valence-electron chi connectivity index (χ3n) is 6.76. The summed E-state index contributed by atoms with van der Waals surface area (Å²) in [4.78, 5) is 0. The number of hydrogen-bond acceptors (Lipinski definition) is 2. The molecular weight excluding hydrogens is 527 g/mol. The molecular formula is C33H54F2NO3P. The van der Waals surface area contributed by atoms with Gasteiger partial charge in [0.25, 0.3) is 0 Å². The molecule has 0 aliphatic rings. The van der Waals surface area contributed by atoms with E-state index >= 15 is 0 Å². The molecule has 2 atom stereocenters. The van der Waals surface area contributed by atoms with Crippen LogP contribution in [0.3, 0.4) is 0 Å². The zero-order valence-corrected chi connectivity index (χ0v) is 26.1. The second kappa shape index (κ2) is 20.5. The Hall–Kier alpha value is -2.37. The lowest BCUT2D eigenvalue weighted by Crippen LogP contribution is -2.15. The first-order valence-electron chi connectivity index (χ1n) is 14.0. The van der Waals surface area contributed by atoms with E-state index in [2.05, 4.69) is 69.2 Å². The SMILES string of the molecule is CC.CPCCCNCc1ccc(OCCCCC(c2ccc(C)c(C)c2)c2ccc(F)cc2F)c(C)c1.O.O.[HH].[HH]. The Bertz CT molecular complexity index is 1140. The van der Waals surface area contributed by atoms with Gasteiger partial charge in [0.15, 0.2) is 0 Å². The molecule has 5 N–H and O–H groups in total. The molecule has 3 aromatic carbocycles. The number of ether oxygens (including phenoxy) is 1. The molecule has 0 heterocycles. The quantitative estimate of drug-likeness (QED) is 0.155. The maximum atomic E-state index is 14.7. The predicted molar refractivity (Wildman–Crippen MR) is 173 cm³/mol. The van der Waals surface area contributed by atoms with E-state index in [1.54, 1.807) is 6.07 Å². The maximum Gasteiger partial charge on any atom is 0.129 e. The molecule has 228 valence electrons. The van der Waals surface area contributed by atoms with Crippen molar-refractivity contribution in [1.29, 1.82) is 0 Å². The van der Waals surface area contributed by atoms with Crippen LogP contribution in [0.2, 0.25) is 0 Å². The van der Waals surface area contributed by atoms with Crippen LogP contribution in [0.15, 0.2) is 54.6 Å². The number of aryl methyl sites for hydroxylation is 3. The van der Waals surface area contributed by atoms with Crippen LogP contribution in [0, 0.1) is 32.4 Å². The molecule has 0 radical (unpaired) electrons. The second-order valence-corrected chi connectivity index (χ2v) is 10.8. The van der Waals surface area contributed by atoms with E-state index in [0.717, 1.165) is 63.9 Å². The molecule has 7 heteroatoms. The monoisotopic (exact) mass is 581 g/mol. The Morgan fingerprint density at radius 2 is 1.60 bits per heavy atom. The zero-order chi connectivity index (χ0) is 27.9. The minimum Gasteiger partial charge on any atom is -0.493 e. The van der Waals surface area contributed by atoms with Crippen LogP contribution in [0.5, 0.6) is 5.75 Å². The van der Waals surface area contributed by atoms with Crippen LogP contribution in [0.25, 0.3) is 0 Å². The number of unbranched alkanes of at least 4 members (excludes halogenated alkanes) is 1. The Labute approximate surface area is 245 Å². The number of halogens is 2. The van der Waals surface area contributed by atoms with E-state index < -0.39 is 11.6 Å². The fourth-order valence-electron chi connectivity index (χ4n) is 4.51. The fourth-order valence-corrected chi connectivity index (χ4v) is 5.04. The van der Waals surface area contributed by atoms with Gasteiger partial charge in [-0.2, -0.15) is 0 Å². The smallest absolute Gasteiger partial charge is 0.129 e. The predicted octanol–water partition coefficient (Wildman–Crippen LogP) is 7.93. The summed E-state index contributed by atoms with van der Waals surface area (Å²) >= 11 is 0. The average Bonchev–Trinajstić information content (AvgIpc) is 2.90. The van der Waals surface area contributed by atoms with E-state index in [1.807, 2.05) is 13.8 Å². The summed E-state index contributed by atoms with van der Waals surface area (Å²) in [6, 6.07) is 16.6. The van der Waals surface area contributed by atoms with Gasteiger partial charge in [-0.25, -0.2) is 8.78 Å². The number of hydrogen-bond donors (Lipinski definition) is 1. The van der Waals surface area contributed by atoms with E-state index in [-0.39, 0.29) is 19.7 Å². The lowest BCUT2D eigenvalue weighted by Gasteiger charge is -2.20. The van der Waals surface area contributed by atoms with E-state index in [4.69, 9.17) is 4.74 Å². The third-order valence-corrected chi connectivity index (χ3v) is 7.62. The van der Waals surface area contributed by atoms with Gasteiger partial charge in [0, 0.05) is 21.4 Å². The first-order valence-corrected chi connectivity index (χ1v) is 15.7. The van der Waals surface area contributed by atoms with Crippen molar-refractivity contribution in [2.45, 2.75) is 72.8 Å². The Morgan fingerprint density at radius 1 is 0.850 bits per heavy atom.